The summed E-state index contributed by atoms with van der Waals surface area (Å²) in [5.74, 6) is -0.919. The van der Waals surface area contributed by atoms with E-state index in [1.54, 1.807) is 40.8 Å². The van der Waals surface area contributed by atoms with Crippen molar-refractivity contribution in [2.45, 2.75) is 63.1 Å². The average molecular weight is 807 g/mol. The second-order valence-corrected chi connectivity index (χ2v) is 16.5. The molecule has 0 radical (unpaired) electrons. The molecule has 3 N–H and O–H groups in total. The summed E-state index contributed by atoms with van der Waals surface area (Å²) < 4.78 is 45.8. The standard InChI is InChI=1S/C42H44F2N10O5/c1-3-10-53(40(57)48-24-55)38-29-14-32(44)36(15-35(29)50(2)49-38)52-21-41(22-52)16-25(17-41)51-11-8-42(9-12-51)18-26(20-58-42)54-23-47-34-7-4-27(13-28(34)39(54)56)59-37-30(19-45)33(46)6-5-31(37)43/h4-7,13-15,23-26H,3,8-12,16-18,20-22,46H2,1-2H3,(H,48,55,57). The molecule has 1 saturated carbocycles. The zero-order valence-corrected chi connectivity index (χ0v) is 32.8. The quantitative estimate of drug-likeness (QED) is 0.145. The molecule has 15 nitrogen and oxygen atoms in total. The first-order chi connectivity index (χ1) is 28.4. The Hall–Kier alpha value is -6.12. The maximum absolute atomic E-state index is 15.7. The lowest BCUT2D eigenvalue weighted by molar-refractivity contribution is -0.108. The first-order valence-corrected chi connectivity index (χ1v) is 19.9. The smallest absolute Gasteiger partial charge is 0.329 e. The number of amides is 3. The van der Waals surface area contributed by atoms with Gasteiger partial charge in [-0.3, -0.25) is 29.1 Å². The molecular formula is C42H44F2N10O5. The number of anilines is 3. The Balaban J connectivity index is 0.810. The van der Waals surface area contributed by atoms with Gasteiger partial charge >= 0.3 is 6.03 Å². The van der Waals surface area contributed by atoms with Gasteiger partial charge in [-0.1, -0.05) is 6.92 Å². The number of benzene rings is 3. The Kier molecular flexibility index (Phi) is 9.51. The van der Waals surface area contributed by atoms with E-state index in [1.165, 1.54) is 23.1 Å². The predicted molar refractivity (Wildman–Crippen MR) is 215 cm³/mol. The summed E-state index contributed by atoms with van der Waals surface area (Å²) in [5.41, 5.74) is 7.07. The van der Waals surface area contributed by atoms with Gasteiger partial charge in [0.05, 0.1) is 52.4 Å². The minimum Gasteiger partial charge on any atom is -0.453 e. The van der Waals surface area contributed by atoms with Crippen LogP contribution in [-0.4, -0.2) is 87.6 Å². The van der Waals surface area contributed by atoms with Gasteiger partial charge in [0.2, 0.25) is 6.41 Å². The number of hydrogen-bond acceptors (Lipinski definition) is 11. The molecule has 3 amide bonds. The number of carbonyl (C=O) groups is 2. The molecule has 3 aromatic carbocycles. The molecule has 3 aliphatic heterocycles. The zero-order chi connectivity index (χ0) is 41.2. The van der Waals surface area contributed by atoms with Crippen molar-refractivity contribution in [3.05, 3.63) is 76.3 Å². The maximum atomic E-state index is 15.7. The highest BCUT2D eigenvalue weighted by atomic mass is 19.1. The van der Waals surface area contributed by atoms with Gasteiger partial charge in [0.1, 0.15) is 23.2 Å². The normalized spacial score (nSPS) is 19.8. The largest absolute Gasteiger partial charge is 0.453 e. The van der Waals surface area contributed by atoms with Crippen molar-refractivity contribution in [1.29, 1.82) is 5.26 Å². The van der Waals surface area contributed by atoms with E-state index in [1.807, 2.05) is 13.0 Å². The molecule has 5 heterocycles. The number of nitriles is 1. The van der Waals surface area contributed by atoms with Crippen LogP contribution in [-0.2, 0) is 16.6 Å². The molecule has 5 aromatic rings. The van der Waals surface area contributed by atoms with Crippen LogP contribution in [0.1, 0.15) is 57.1 Å². The van der Waals surface area contributed by atoms with Crippen LogP contribution in [0.3, 0.4) is 0 Å². The zero-order valence-electron chi connectivity index (χ0n) is 32.8. The summed E-state index contributed by atoms with van der Waals surface area (Å²) in [7, 11) is 1.76. The Morgan fingerprint density at radius 2 is 1.88 bits per heavy atom. The van der Waals surface area contributed by atoms with Crippen molar-refractivity contribution in [3.8, 4) is 17.6 Å². The first-order valence-electron chi connectivity index (χ1n) is 19.9. The van der Waals surface area contributed by atoms with Crippen molar-refractivity contribution < 1.29 is 27.8 Å². The lowest BCUT2D eigenvalue weighted by Crippen LogP contribution is -2.67. The Morgan fingerprint density at radius 1 is 1.10 bits per heavy atom. The second kappa shape index (κ2) is 14.6. The van der Waals surface area contributed by atoms with Gasteiger partial charge in [0.15, 0.2) is 17.4 Å². The van der Waals surface area contributed by atoms with Crippen LogP contribution in [0.15, 0.2) is 53.6 Å². The van der Waals surface area contributed by atoms with Crippen molar-refractivity contribution in [3.63, 3.8) is 0 Å². The van der Waals surface area contributed by atoms with E-state index in [9.17, 15) is 24.0 Å². The number of fused-ring (bicyclic) bond motifs is 2. The van der Waals surface area contributed by atoms with Crippen LogP contribution < -0.4 is 31.1 Å². The second-order valence-electron chi connectivity index (χ2n) is 16.5. The summed E-state index contributed by atoms with van der Waals surface area (Å²) in [6.45, 7) is 5.94. The molecule has 59 heavy (non-hydrogen) atoms. The van der Waals surface area contributed by atoms with Crippen LogP contribution in [0.2, 0.25) is 0 Å². The summed E-state index contributed by atoms with van der Waals surface area (Å²) in [6.07, 6.45) is 7.00. The Labute approximate surface area is 337 Å². The van der Waals surface area contributed by atoms with E-state index >= 15 is 4.39 Å². The third kappa shape index (κ3) is 6.60. The highest BCUT2D eigenvalue weighted by molar-refractivity contribution is 6.04. The lowest BCUT2D eigenvalue weighted by atomic mass is 9.59. The number of aryl methyl sites for hydroxylation is 1. The van der Waals surface area contributed by atoms with Crippen molar-refractivity contribution in [2.75, 3.05) is 54.9 Å². The fourth-order valence-electron chi connectivity index (χ4n) is 9.72. The number of nitrogens with one attached hydrogen (secondary N) is 1. The molecular weight excluding hydrogens is 763 g/mol. The SMILES string of the molecule is CCCN(C(=O)NC=O)c1nn(C)c2cc(N3CC4(CC(N5CCC6(CC5)CC(n5cnc7ccc(Oc8c(F)ccc(N)c8C#N)cc7c5=O)CO6)C4)C3)c(F)cc12. The summed E-state index contributed by atoms with van der Waals surface area (Å²) in [4.78, 5) is 47.9. The number of imide groups is 1. The number of ether oxygens (including phenoxy) is 2. The third-order valence-corrected chi connectivity index (χ3v) is 12.8. The molecule has 9 rings (SSSR count). The van der Waals surface area contributed by atoms with Gasteiger partial charge in [0.25, 0.3) is 5.56 Å². The molecule has 2 aromatic heterocycles. The third-order valence-electron chi connectivity index (χ3n) is 12.8. The van der Waals surface area contributed by atoms with Gasteiger partial charge in [-0.25, -0.2) is 18.6 Å². The van der Waals surface area contributed by atoms with E-state index in [2.05, 4.69) is 25.2 Å². The number of nitrogens with zero attached hydrogens (tertiary/aromatic N) is 8. The average Bonchev–Trinajstić information content (AvgIpc) is 3.74. The fourth-order valence-corrected chi connectivity index (χ4v) is 9.72. The monoisotopic (exact) mass is 806 g/mol. The summed E-state index contributed by atoms with van der Waals surface area (Å²) in [5, 5.41) is 17.0. The molecule has 2 spiro atoms. The number of carbonyl (C=O) groups excluding carboxylic acids is 2. The highest BCUT2D eigenvalue weighted by Gasteiger charge is 2.55. The maximum Gasteiger partial charge on any atom is 0.329 e. The molecule has 17 heteroatoms. The van der Waals surface area contributed by atoms with Crippen molar-refractivity contribution >= 4 is 51.4 Å². The van der Waals surface area contributed by atoms with Crippen LogP contribution in [0.5, 0.6) is 11.5 Å². The fraction of sp³-hybridized carbons (Fsp3) is 0.429. The number of nitrogens with two attached hydrogens (primary N) is 1. The number of piperidine rings is 1. The highest BCUT2D eigenvalue weighted by Crippen LogP contribution is 2.53. The number of aromatic nitrogens is 4. The minimum atomic E-state index is -0.740. The number of urea groups is 1. The van der Waals surface area contributed by atoms with Gasteiger partial charge in [-0.2, -0.15) is 10.4 Å². The molecule has 0 bridgehead atoms. The van der Waals surface area contributed by atoms with E-state index in [4.69, 9.17) is 15.2 Å². The van der Waals surface area contributed by atoms with E-state index in [0.717, 1.165) is 57.9 Å². The molecule has 306 valence electrons. The first kappa shape index (κ1) is 38.4. The van der Waals surface area contributed by atoms with Crippen LogP contribution in [0.25, 0.3) is 21.8 Å². The Bertz CT molecular complexity index is 2600. The Morgan fingerprint density at radius 3 is 2.61 bits per heavy atom. The number of nitrogen functional groups attached to an aromatic ring is 1. The lowest BCUT2D eigenvalue weighted by Gasteiger charge is -2.62. The van der Waals surface area contributed by atoms with E-state index in [0.29, 0.717) is 71.8 Å². The molecule has 1 atom stereocenters. The molecule has 4 fully saturated rings. The molecule has 4 aliphatic rings. The molecule has 3 saturated heterocycles. The molecule has 1 unspecified atom stereocenters. The van der Waals surface area contributed by atoms with Gasteiger partial charge < -0.3 is 25.0 Å². The van der Waals surface area contributed by atoms with Crippen molar-refractivity contribution in [2.24, 2.45) is 12.5 Å². The number of halogens is 2. The van der Waals surface area contributed by atoms with E-state index < -0.39 is 11.8 Å². The minimum absolute atomic E-state index is 0.0876. The van der Waals surface area contributed by atoms with Crippen LogP contribution in [0.4, 0.5) is 30.8 Å². The topological polar surface area (TPSA) is 177 Å². The summed E-state index contributed by atoms with van der Waals surface area (Å²) in [6, 6.07) is 11.9. The number of likely N-dealkylation sites (tertiary alicyclic amines) is 1. The molecule has 1 aliphatic carbocycles. The number of rotatable bonds is 9. The van der Waals surface area contributed by atoms with Crippen LogP contribution in [0, 0.1) is 28.4 Å². The van der Waals surface area contributed by atoms with Crippen molar-refractivity contribution in [1.82, 2.24) is 29.5 Å². The van der Waals surface area contributed by atoms with E-state index in [-0.39, 0.29) is 51.2 Å². The summed E-state index contributed by atoms with van der Waals surface area (Å²) >= 11 is 0. The van der Waals surface area contributed by atoms with Gasteiger partial charge in [-0.05, 0) is 81.0 Å². The van der Waals surface area contributed by atoms with Gasteiger partial charge in [0, 0.05) is 56.6 Å². The van der Waals surface area contributed by atoms with Gasteiger partial charge in [-0.15, -0.1) is 0 Å². The van der Waals surface area contributed by atoms with Crippen LogP contribution >= 0.6 is 0 Å². The number of hydrogen-bond donors (Lipinski definition) is 2. The predicted octanol–water partition coefficient (Wildman–Crippen LogP) is 5.35.